The second-order valence-corrected chi connectivity index (χ2v) is 0. The van der Waals surface area contributed by atoms with Crippen LogP contribution >= 0.6 is 24.0 Å². The molecule has 0 spiro atoms. The predicted octanol–water partition coefficient (Wildman–Crippen LogP) is -4.33. The zero-order valence-electron chi connectivity index (χ0n) is 3.41. The molecule has 7 heavy (non-hydrogen) atoms. The van der Waals surface area contributed by atoms with Gasteiger partial charge < -0.3 is 32.9 Å². The molecule has 0 aromatic heterocycles. The first-order valence-corrected chi connectivity index (χ1v) is 0. The van der Waals surface area contributed by atoms with Crippen LogP contribution in [0.1, 0.15) is 0 Å². The maximum absolute atomic E-state index is 0. The topological polar surface area (TPSA) is 189 Å². The van der Waals surface area contributed by atoms with E-state index < -0.39 is 0 Å². The van der Waals surface area contributed by atoms with Crippen molar-refractivity contribution in [3.63, 3.8) is 0 Å². The van der Waals surface area contributed by atoms with Crippen LogP contribution in [0.15, 0.2) is 0 Å². The highest BCUT2D eigenvalue weighted by atomic mass is 127. The van der Waals surface area contributed by atoms with E-state index in [4.69, 9.17) is 0 Å². The average molecular weight is 236 g/mol. The van der Waals surface area contributed by atoms with Crippen LogP contribution in [0.2, 0.25) is 0 Å². The summed E-state index contributed by atoms with van der Waals surface area (Å²) in [5, 5.41) is 0. The summed E-state index contributed by atoms with van der Waals surface area (Å²) in [4.78, 5) is 0. The minimum Gasteiger partial charge on any atom is -0.412 e. The molecule has 0 aliphatic rings. The Labute approximate surface area is 57.4 Å². The van der Waals surface area contributed by atoms with E-state index in [1.807, 2.05) is 0 Å². The van der Waals surface area contributed by atoms with Crippen molar-refractivity contribution in [2.45, 2.75) is 0 Å². The molecule has 0 aromatic rings. The molecule has 56 valence electrons. The van der Waals surface area contributed by atoms with Gasteiger partial charge in [-0.15, -0.1) is 24.0 Å². The maximum Gasteiger partial charge on any atom is -0.107 e. The molecule has 0 saturated heterocycles. The van der Waals surface area contributed by atoms with E-state index in [9.17, 15) is 0 Å². The first-order valence-electron chi connectivity index (χ1n) is 0. The van der Waals surface area contributed by atoms with Crippen molar-refractivity contribution in [3.05, 3.63) is 0 Å². The van der Waals surface area contributed by atoms with E-state index in [-0.39, 0.29) is 56.8 Å². The average Bonchev–Trinajstić information content (AvgIpc) is 0. The van der Waals surface area contributed by atoms with Gasteiger partial charge >= 0.3 is 0 Å². The number of hydrogen-bond donors (Lipinski definition) is 0. The Balaban J connectivity index is 0. The van der Waals surface area contributed by atoms with E-state index in [0.29, 0.717) is 0 Å². The van der Waals surface area contributed by atoms with Crippen molar-refractivity contribution in [1.82, 2.24) is 0 Å². The Morgan fingerprint density at radius 2 is 0.286 bits per heavy atom. The van der Waals surface area contributed by atoms with Crippen molar-refractivity contribution in [2.24, 2.45) is 0 Å². The van der Waals surface area contributed by atoms with Crippen molar-refractivity contribution in [3.8, 4) is 0 Å². The van der Waals surface area contributed by atoms with Crippen LogP contribution in [0.5, 0.6) is 0 Å². The fraction of sp³-hybridized carbons (Fsp3) is 0. The van der Waals surface area contributed by atoms with E-state index >= 15 is 0 Å². The predicted molar refractivity (Wildman–Crippen MR) is 37.1 cm³/mol. The smallest absolute Gasteiger partial charge is 0.107 e. The molecular formula is H13IO6. The molecule has 0 amide bonds. The molecule has 0 unspecified atom stereocenters. The second-order valence-electron chi connectivity index (χ2n) is 0. The summed E-state index contributed by atoms with van der Waals surface area (Å²) in [5.41, 5.74) is 0. The van der Waals surface area contributed by atoms with Crippen LogP contribution < -0.4 is 0 Å². The van der Waals surface area contributed by atoms with Crippen LogP contribution in [0.3, 0.4) is 0 Å². The summed E-state index contributed by atoms with van der Waals surface area (Å²) in [6, 6.07) is 0. The van der Waals surface area contributed by atoms with Crippen LogP contribution in [0, 0.1) is 0 Å². The molecule has 0 atom stereocenters. The molecule has 6 nitrogen and oxygen atoms in total. The van der Waals surface area contributed by atoms with Gasteiger partial charge in [0, 0.05) is 0 Å². The van der Waals surface area contributed by atoms with Crippen molar-refractivity contribution >= 4 is 24.0 Å². The van der Waals surface area contributed by atoms with Gasteiger partial charge in [-0.3, -0.25) is 0 Å². The van der Waals surface area contributed by atoms with Crippen LogP contribution in [-0.2, 0) is 0 Å². The SMILES string of the molecule is I.O.O.O.O.O.O. The molecule has 0 rings (SSSR count). The summed E-state index contributed by atoms with van der Waals surface area (Å²) in [7, 11) is 0. The molecule has 0 aromatic carbocycles. The summed E-state index contributed by atoms with van der Waals surface area (Å²) in [5.74, 6) is 0. The molecule has 0 fully saturated rings. The van der Waals surface area contributed by atoms with Gasteiger partial charge in [0.25, 0.3) is 0 Å². The maximum atomic E-state index is 0. The quantitative estimate of drug-likeness (QED) is 0.367. The molecule has 0 aliphatic carbocycles. The number of hydrogen-bond acceptors (Lipinski definition) is 0. The highest BCUT2D eigenvalue weighted by molar-refractivity contribution is 14.0. The van der Waals surface area contributed by atoms with E-state index in [1.165, 1.54) is 0 Å². The molecule has 0 heterocycles. The lowest BCUT2D eigenvalue weighted by atomic mass is 16.0. The lowest BCUT2D eigenvalue weighted by Gasteiger charge is -0.413. The van der Waals surface area contributed by atoms with Crippen LogP contribution in [0.4, 0.5) is 0 Å². The fourth-order valence-corrected chi connectivity index (χ4v) is 0. The number of rotatable bonds is 0. The Morgan fingerprint density at radius 1 is 0.286 bits per heavy atom. The molecule has 12 N–H and O–H groups in total. The van der Waals surface area contributed by atoms with Crippen molar-refractivity contribution in [1.29, 1.82) is 0 Å². The van der Waals surface area contributed by atoms with Gasteiger partial charge in [0.1, 0.15) is 0 Å². The lowest BCUT2D eigenvalue weighted by molar-refractivity contribution is 0.823. The Kier molecular flexibility index (Phi) is 153000. The zero-order chi connectivity index (χ0) is 0. The molecule has 0 radical (unpaired) electrons. The monoisotopic (exact) mass is 236 g/mol. The summed E-state index contributed by atoms with van der Waals surface area (Å²) in [6.07, 6.45) is 0. The highest BCUT2D eigenvalue weighted by Gasteiger charge is -0.107. The highest BCUT2D eigenvalue weighted by Crippen LogP contribution is 0.886. The normalized spacial score (nSPS) is 0. The van der Waals surface area contributed by atoms with Crippen molar-refractivity contribution < 1.29 is 32.9 Å². The molecule has 0 saturated carbocycles. The zero-order valence-corrected chi connectivity index (χ0v) is 5.74. The van der Waals surface area contributed by atoms with Gasteiger partial charge in [-0.25, -0.2) is 0 Å². The molecule has 7 heteroatoms. The third-order valence-corrected chi connectivity index (χ3v) is 0. The van der Waals surface area contributed by atoms with E-state index in [2.05, 4.69) is 0 Å². The van der Waals surface area contributed by atoms with Gasteiger partial charge in [-0.1, -0.05) is 0 Å². The van der Waals surface area contributed by atoms with Crippen molar-refractivity contribution in [2.75, 3.05) is 0 Å². The largest absolute Gasteiger partial charge is 0.412 e. The third kappa shape index (κ3) is 545. The molecule has 0 bridgehead atoms. The summed E-state index contributed by atoms with van der Waals surface area (Å²) in [6.45, 7) is 0. The third-order valence-electron chi connectivity index (χ3n) is 0. The first kappa shape index (κ1) is 1310. The van der Waals surface area contributed by atoms with Gasteiger partial charge in [-0.2, -0.15) is 0 Å². The van der Waals surface area contributed by atoms with E-state index in [1.54, 1.807) is 0 Å². The second kappa shape index (κ2) is 815. The standard InChI is InChI=1S/HI.6H2O/h1H;6*1H2. The Bertz CT molecular complexity index is 4.14. The number of halogens is 1. The molecular weight excluding hydrogens is 223 g/mol. The first-order chi connectivity index (χ1) is 0. The molecule has 0 aliphatic heterocycles. The fourth-order valence-electron chi connectivity index (χ4n) is 0. The van der Waals surface area contributed by atoms with Crippen LogP contribution in [-0.4, -0.2) is 32.9 Å². The van der Waals surface area contributed by atoms with Gasteiger partial charge in [0.05, 0.1) is 0 Å². The summed E-state index contributed by atoms with van der Waals surface area (Å²) >= 11 is 0. The van der Waals surface area contributed by atoms with E-state index in [0.717, 1.165) is 0 Å². The van der Waals surface area contributed by atoms with Gasteiger partial charge in [0.2, 0.25) is 0 Å². The summed E-state index contributed by atoms with van der Waals surface area (Å²) < 4.78 is 0. The Hall–Kier alpha value is 0.490. The minimum atomic E-state index is 0. The lowest BCUT2D eigenvalue weighted by Crippen LogP contribution is -0.290. The van der Waals surface area contributed by atoms with Crippen LogP contribution in [0.25, 0.3) is 0 Å². The minimum absolute atomic E-state index is 0. The Morgan fingerprint density at radius 3 is 0.286 bits per heavy atom. The van der Waals surface area contributed by atoms with Gasteiger partial charge in [0.15, 0.2) is 0 Å². The van der Waals surface area contributed by atoms with Gasteiger partial charge in [-0.05, 0) is 0 Å².